The Hall–Kier alpha value is -2.57. The topological polar surface area (TPSA) is 59.7 Å². The molecular weight excluding hydrogens is 319 g/mol. The van der Waals surface area contributed by atoms with Gasteiger partial charge < -0.3 is 4.90 Å². The standard InChI is InChI=1S/C18H19FN6/c1-24(16(11-2-3-11)12-4-6-13(19)7-5-12)17-15-18(21-10-20-17)25(23-22-15)14-8-9-14/h4-7,10-11,14,16H,2-3,8-9H2,1H3. The number of aromatic nitrogens is 5. The summed E-state index contributed by atoms with van der Waals surface area (Å²) in [7, 11) is 2.03. The first-order valence-corrected chi connectivity index (χ1v) is 8.76. The van der Waals surface area contributed by atoms with Gasteiger partial charge in [-0.1, -0.05) is 17.3 Å². The van der Waals surface area contributed by atoms with Crippen LogP contribution in [-0.2, 0) is 0 Å². The lowest BCUT2D eigenvalue weighted by Crippen LogP contribution is -2.27. The zero-order valence-corrected chi connectivity index (χ0v) is 14.0. The minimum absolute atomic E-state index is 0.157. The summed E-state index contributed by atoms with van der Waals surface area (Å²) in [5.74, 6) is 1.13. The van der Waals surface area contributed by atoms with Gasteiger partial charge in [-0.2, -0.15) is 0 Å². The van der Waals surface area contributed by atoms with Crippen molar-refractivity contribution in [3.8, 4) is 0 Å². The maximum atomic E-state index is 13.3. The lowest BCUT2D eigenvalue weighted by molar-refractivity contribution is 0.583. The van der Waals surface area contributed by atoms with E-state index in [0.29, 0.717) is 12.0 Å². The van der Waals surface area contributed by atoms with Crippen molar-refractivity contribution in [3.05, 3.63) is 42.0 Å². The number of hydrogen-bond acceptors (Lipinski definition) is 5. The molecule has 7 heteroatoms. The molecule has 25 heavy (non-hydrogen) atoms. The molecule has 0 aliphatic heterocycles. The van der Waals surface area contributed by atoms with E-state index >= 15 is 0 Å². The number of rotatable bonds is 5. The molecule has 128 valence electrons. The molecule has 1 unspecified atom stereocenters. The van der Waals surface area contributed by atoms with Crippen LogP contribution in [0.2, 0.25) is 0 Å². The quantitative estimate of drug-likeness (QED) is 0.714. The van der Waals surface area contributed by atoms with Crippen molar-refractivity contribution < 1.29 is 4.39 Å². The summed E-state index contributed by atoms with van der Waals surface area (Å²) in [6.07, 6.45) is 6.21. The normalized spacial score (nSPS) is 18.5. The lowest BCUT2D eigenvalue weighted by atomic mass is 10.0. The predicted octanol–water partition coefficient (Wildman–Crippen LogP) is 3.28. The van der Waals surface area contributed by atoms with Gasteiger partial charge in [-0.25, -0.2) is 19.0 Å². The van der Waals surface area contributed by atoms with Gasteiger partial charge in [-0.3, -0.25) is 0 Å². The molecular formula is C18H19FN6. The van der Waals surface area contributed by atoms with Gasteiger partial charge in [0.25, 0.3) is 0 Å². The Bertz CT molecular complexity index is 913. The van der Waals surface area contributed by atoms with Crippen molar-refractivity contribution in [3.63, 3.8) is 0 Å². The molecule has 3 aromatic rings. The Balaban J connectivity index is 1.56. The van der Waals surface area contributed by atoms with Crippen molar-refractivity contribution in [2.45, 2.75) is 37.8 Å². The summed E-state index contributed by atoms with van der Waals surface area (Å²) in [6, 6.07) is 7.37. The van der Waals surface area contributed by atoms with E-state index in [1.54, 1.807) is 6.33 Å². The van der Waals surface area contributed by atoms with Gasteiger partial charge in [0.1, 0.15) is 12.1 Å². The van der Waals surface area contributed by atoms with E-state index < -0.39 is 0 Å². The maximum absolute atomic E-state index is 13.3. The second kappa shape index (κ2) is 5.47. The fraction of sp³-hybridized carbons (Fsp3) is 0.444. The summed E-state index contributed by atoms with van der Waals surface area (Å²) in [5.41, 5.74) is 2.64. The van der Waals surface area contributed by atoms with E-state index in [-0.39, 0.29) is 11.9 Å². The molecule has 0 bridgehead atoms. The Morgan fingerprint density at radius 2 is 1.88 bits per heavy atom. The highest BCUT2D eigenvalue weighted by Crippen LogP contribution is 2.46. The van der Waals surface area contributed by atoms with E-state index in [1.165, 1.54) is 25.0 Å². The second-order valence-corrected chi connectivity index (χ2v) is 7.08. The largest absolute Gasteiger partial charge is 0.350 e. The second-order valence-electron chi connectivity index (χ2n) is 7.08. The van der Waals surface area contributed by atoms with Crippen molar-refractivity contribution in [2.75, 3.05) is 11.9 Å². The molecule has 1 aromatic carbocycles. The third kappa shape index (κ3) is 2.54. The van der Waals surface area contributed by atoms with Crippen LogP contribution in [0.15, 0.2) is 30.6 Å². The van der Waals surface area contributed by atoms with Crippen molar-refractivity contribution in [1.82, 2.24) is 25.0 Å². The highest BCUT2D eigenvalue weighted by molar-refractivity contribution is 5.82. The lowest BCUT2D eigenvalue weighted by Gasteiger charge is -2.29. The zero-order valence-electron chi connectivity index (χ0n) is 14.0. The fourth-order valence-corrected chi connectivity index (χ4v) is 3.59. The number of nitrogens with zero attached hydrogens (tertiary/aromatic N) is 6. The minimum Gasteiger partial charge on any atom is -0.350 e. The van der Waals surface area contributed by atoms with Crippen LogP contribution in [0.4, 0.5) is 10.2 Å². The number of fused-ring (bicyclic) bond motifs is 1. The summed E-state index contributed by atoms with van der Waals surface area (Å²) in [5, 5.41) is 8.65. The zero-order chi connectivity index (χ0) is 17.0. The molecule has 6 nitrogen and oxygen atoms in total. The summed E-state index contributed by atoms with van der Waals surface area (Å²) < 4.78 is 15.2. The van der Waals surface area contributed by atoms with Gasteiger partial charge in [0.15, 0.2) is 17.0 Å². The van der Waals surface area contributed by atoms with E-state index in [0.717, 1.165) is 35.4 Å². The van der Waals surface area contributed by atoms with E-state index in [2.05, 4.69) is 25.2 Å². The number of halogens is 1. The predicted molar refractivity (Wildman–Crippen MR) is 91.7 cm³/mol. The molecule has 2 aromatic heterocycles. The van der Waals surface area contributed by atoms with E-state index in [4.69, 9.17) is 0 Å². The SMILES string of the molecule is CN(c1ncnc2c1nnn2C1CC1)C(c1ccc(F)cc1)C1CC1. The average Bonchev–Trinajstić information content (AvgIpc) is 3.55. The Morgan fingerprint density at radius 3 is 2.56 bits per heavy atom. The average molecular weight is 338 g/mol. The van der Waals surface area contributed by atoms with Crippen molar-refractivity contribution in [2.24, 2.45) is 5.92 Å². The van der Waals surface area contributed by atoms with Gasteiger partial charge >= 0.3 is 0 Å². The highest BCUT2D eigenvalue weighted by atomic mass is 19.1. The smallest absolute Gasteiger partial charge is 0.184 e. The molecule has 5 rings (SSSR count). The van der Waals surface area contributed by atoms with E-state index in [1.807, 2.05) is 23.9 Å². The third-order valence-electron chi connectivity index (χ3n) is 5.17. The molecule has 0 saturated heterocycles. The van der Waals surface area contributed by atoms with E-state index in [9.17, 15) is 4.39 Å². The molecule has 2 heterocycles. The minimum atomic E-state index is -0.210. The van der Waals surface area contributed by atoms with Crippen LogP contribution in [0.25, 0.3) is 11.2 Å². The number of benzene rings is 1. The molecule has 2 fully saturated rings. The van der Waals surface area contributed by atoms with Gasteiger partial charge in [-0.05, 0) is 49.3 Å². The Morgan fingerprint density at radius 1 is 1.12 bits per heavy atom. The molecule has 2 saturated carbocycles. The molecule has 2 aliphatic carbocycles. The van der Waals surface area contributed by atoms with Gasteiger partial charge in [0.05, 0.1) is 12.1 Å². The first-order chi connectivity index (χ1) is 12.2. The molecule has 1 atom stereocenters. The summed E-state index contributed by atoms with van der Waals surface area (Å²) >= 11 is 0. The number of hydrogen-bond donors (Lipinski definition) is 0. The van der Waals surface area contributed by atoms with Crippen LogP contribution in [0.3, 0.4) is 0 Å². The third-order valence-corrected chi connectivity index (χ3v) is 5.17. The number of anilines is 1. The summed E-state index contributed by atoms with van der Waals surface area (Å²) in [6.45, 7) is 0. The molecule has 0 amide bonds. The molecule has 0 radical (unpaired) electrons. The molecule has 2 aliphatic rings. The fourth-order valence-electron chi connectivity index (χ4n) is 3.59. The van der Waals surface area contributed by atoms with Crippen molar-refractivity contribution in [1.29, 1.82) is 0 Å². The van der Waals surface area contributed by atoms with Crippen LogP contribution in [0.5, 0.6) is 0 Å². The maximum Gasteiger partial charge on any atom is 0.184 e. The summed E-state index contributed by atoms with van der Waals surface area (Å²) in [4.78, 5) is 11.1. The molecule has 0 spiro atoms. The van der Waals surface area contributed by atoms with Gasteiger partial charge in [0, 0.05) is 7.05 Å². The van der Waals surface area contributed by atoms with Crippen LogP contribution >= 0.6 is 0 Å². The van der Waals surface area contributed by atoms with Crippen LogP contribution in [-0.4, -0.2) is 32.0 Å². The van der Waals surface area contributed by atoms with Crippen LogP contribution < -0.4 is 4.90 Å². The first kappa shape index (κ1) is 14.7. The molecule has 0 N–H and O–H groups in total. The Kier molecular flexibility index (Phi) is 3.23. The van der Waals surface area contributed by atoms with Crippen LogP contribution in [0.1, 0.15) is 43.3 Å². The first-order valence-electron chi connectivity index (χ1n) is 8.76. The monoisotopic (exact) mass is 338 g/mol. The Labute approximate surface area is 144 Å². The van der Waals surface area contributed by atoms with Crippen LogP contribution in [0, 0.1) is 11.7 Å². The van der Waals surface area contributed by atoms with Crippen molar-refractivity contribution >= 4 is 17.0 Å². The van der Waals surface area contributed by atoms with Gasteiger partial charge in [-0.15, -0.1) is 5.10 Å². The highest BCUT2D eigenvalue weighted by Gasteiger charge is 2.37. The van der Waals surface area contributed by atoms with Gasteiger partial charge in [0.2, 0.25) is 0 Å².